The summed E-state index contributed by atoms with van der Waals surface area (Å²) in [7, 11) is 0. The first-order valence-electron chi connectivity index (χ1n) is 6.96. The third kappa shape index (κ3) is 2.25. The summed E-state index contributed by atoms with van der Waals surface area (Å²) >= 11 is 1.65. The summed E-state index contributed by atoms with van der Waals surface area (Å²) < 4.78 is 31.8. The lowest BCUT2D eigenvalue weighted by Crippen LogP contribution is -1.82. The fourth-order valence-corrected chi connectivity index (χ4v) is 4.05. The van der Waals surface area contributed by atoms with E-state index in [1.165, 1.54) is 24.3 Å². The molecule has 2 heterocycles. The number of halogens is 2. The molecule has 0 saturated heterocycles. The quantitative estimate of drug-likeness (QED) is 0.616. The minimum Gasteiger partial charge on any atom is -0.372 e. The Balaban J connectivity index is 1.86. The van der Waals surface area contributed by atoms with Gasteiger partial charge in [0.2, 0.25) is 0 Å². The Morgan fingerprint density at radius 3 is 1.50 bits per heavy atom. The maximum atomic E-state index is 13.1. The maximum Gasteiger partial charge on any atom is 0.123 e. The highest BCUT2D eigenvalue weighted by atomic mass is 32.1. The van der Waals surface area contributed by atoms with Gasteiger partial charge in [-0.2, -0.15) is 0 Å². The third-order valence-electron chi connectivity index (χ3n) is 3.82. The molecule has 0 saturated carbocycles. The zero-order valence-electron chi connectivity index (χ0n) is 11.6. The molecule has 0 N–H and O–H groups in total. The molecular formula is C18H12F2OS. The lowest BCUT2D eigenvalue weighted by molar-refractivity contribution is 0.135. The molecule has 1 aliphatic rings. The molecule has 2 aromatic carbocycles. The number of fused-ring (bicyclic) bond motifs is 1. The molecule has 0 spiro atoms. The van der Waals surface area contributed by atoms with E-state index in [-0.39, 0.29) is 11.6 Å². The van der Waals surface area contributed by atoms with Crippen LogP contribution in [0.2, 0.25) is 0 Å². The van der Waals surface area contributed by atoms with Crippen molar-refractivity contribution in [3.05, 3.63) is 71.3 Å². The van der Waals surface area contributed by atoms with Gasteiger partial charge in [-0.25, -0.2) is 8.78 Å². The summed E-state index contributed by atoms with van der Waals surface area (Å²) in [6.45, 7) is 1.14. The van der Waals surface area contributed by atoms with E-state index in [1.54, 1.807) is 35.6 Å². The fourth-order valence-electron chi connectivity index (χ4n) is 2.73. The van der Waals surface area contributed by atoms with Crippen LogP contribution in [0.1, 0.15) is 11.1 Å². The van der Waals surface area contributed by atoms with Gasteiger partial charge in [0.25, 0.3) is 0 Å². The molecule has 0 atom stereocenters. The summed E-state index contributed by atoms with van der Waals surface area (Å²) in [4.78, 5) is 2.21. The van der Waals surface area contributed by atoms with Gasteiger partial charge in [0, 0.05) is 20.9 Å². The molecule has 1 aromatic heterocycles. The molecule has 0 amide bonds. The maximum absolute atomic E-state index is 13.1. The van der Waals surface area contributed by atoms with Gasteiger partial charge in [0.1, 0.15) is 11.6 Å². The molecule has 1 aliphatic heterocycles. The number of ether oxygens (including phenoxy) is 1. The minimum absolute atomic E-state index is 0.244. The second-order valence-electron chi connectivity index (χ2n) is 5.22. The highest BCUT2D eigenvalue weighted by Crippen LogP contribution is 2.45. The van der Waals surface area contributed by atoms with E-state index < -0.39 is 0 Å². The first-order chi connectivity index (χ1) is 10.7. The second-order valence-corrected chi connectivity index (χ2v) is 6.24. The largest absolute Gasteiger partial charge is 0.372 e. The van der Waals surface area contributed by atoms with Gasteiger partial charge < -0.3 is 4.74 Å². The standard InChI is InChI=1S/C18H12F2OS/c19-13-5-1-11(2-6-13)17-15-9-21-10-16(15)18(22-17)12-3-7-14(20)8-4-12/h1-8H,9-10H2. The summed E-state index contributed by atoms with van der Waals surface area (Å²) in [5.41, 5.74) is 4.30. The van der Waals surface area contributed by atoms with Gasteiger partial charge in [0.15, 0.2) is 0 Å². The second kappa shape index (κ2) is 5.30. The molecule has 4 heteroatoms. The Morgan fingerprint density at radius 2 is 1.09 bits per heavy atom. The highest BCUT2D eigenvalue weighted by molar-refractivity contribution is 7.19. The minimum atomic E-state index is -0.244. The summed E-state index contributed by atoms with van der Waals surface area (Å²) in [6.07, 6.45) is 0. The Labute approximate surface area is 130 Å². The number of rotatable bonds is 2. The lowest BCUT2D eigenvalue weighted by atomic mass is 10.0. The smallest absolute Gasteiger partial charge is 0.123 e. The van der Waals surface area contributed by atoms with E-state index in [2.05, 4.69) is 0 Å². The molecule has 1 nitrogen and oxygen atoms in total. The van der Waals surface area contributed by atoms with Crippen molar-refractivity contribution in [2.45, 2.75) is 13.2 Å². The molecular weight excluding hydrogens is 302 g/mol. The molecule has 0 aliphatic carbocycles. The fraction of sp³-hybridized carbons (Fsp3) is 0.111. The van der Waals surface area contributed by atoms with E-state index >= 15 is 0 Å². The molecule has 0 radical (unpaired) electrons. The van der Waals surface area contributed by atoms with Crippen LogP contribution < -0.4 is 0 Å². The van der Waals surface area contributed by atoms with Crippen molar-refractivity contribution in [2.75, 3.05) is 0 Å². The Morgan fingerprint density at radius 1 is 0.682 bits per heavy atom. The lowest BCUT2D eigenvalue weighted by Gasteiger charge is -2.02. The normalized spacial score (nSPS) is 13.4. The van der Waals surface area contributed by atoms with Crippen LogP contribution >= 0.6 is 11.3 Å². The summed E-state index contributed by atoms with van der Waals surface area (Å²) in [6, 6.07) is 13.0. The number of benzene rings is 2. The van der Waals surface area contributed by atoms with Crippen LogP contribution in [0.4, 0.5) is 8.78 Å². The summed E-state index contributed by atoms with van der Waals surface area (Å²) in [5.74, 6) is -0.487. The van der Waals surface area contributed by atoms with E-state index in [4.69, 9.17) is 4.74 Å². The molecule has 0 fully saturated rings. The zero-order chi connectivity index (χ0) is 15.1. The number of hydrogen-bond acceptors (Lipinski definition) is 2. The average molecular weight is 314 g/mol. The zero-order valence-corrected chi connectivity index (χ0v) is 12.4. The Bertz CT molecular complexity index is 752. The van der Waals surface area contributed by atoms with Crippen LogP contribution in [-0.4, -0.2) is 0 Å². The van der Waals surface area contributed by atoms with Crippen molar-refractivity contribution in [1.29, 1.82) is 0 Å². The van der Waals surface area contributed by atoms with E-state index in [0.717, 1.165) is 32.0 Å². The van der Waals surface area contributed by atoms with Crippen LogP contribution in [0, 0.1) is 11.6 Å². The van der Waals surface area contributed by atoms with Crippen molar-refractivity contribution in [1.82, 2.24) is 0 Å². The average Bonchev–Trinajstić information content (AvgIpc) is 3.12. The number of hydrogen-bond donors (Lipinski definition) is 0. The Kier molecular flexibility index (Phi) is 3.28. The van der Waals surface area contributed by atoms with Gasteiger partial charge in [-0.15, -0.1) is 11.3 Å². The van der Waals surface area contributed by atoms with Crippen molar-refractivity contribution in [3.63, 3.8) is 0 Å². The van der Waals surface area contributed by atoms with Crippen LogP contribution in [-0.2, 0) is 18.0 Å². The molecule has 0 unspecified atom stereocenters. The monoisotopic (exact) mass is 314 g/mol. The first kappa shape index (κ1) is 13.6. The highest BCUT2D eigenvalue weighted by Gasteiger charge is 2.24. The molecule has 0 bridgehead atoms. The van der Waals surface area contributed by atoms with E-state index in [0.29, 0.717) is 13.2 Å². The SMILES string of the molecule is Fc1ccc(-c2sc(-c3ccc(F)cc3)c3c2COC3)cc1. The van der Waals surface area contributed by atoms with Gasteiger partial charge >= 0.3 is 0 Å². The Hall–Kier alpha value is -2.04. The predicted molar refractivity (Wildman–Crippen MR) is 83.6 cm³/mol. The van der Waals surface area contributed by atoms with Crippen LogP contribution in [0.5, 0.6) is 0 Å². The van der Waals surface area contributed by atoms with Gasteiger partial charge in [-0.1, -0.05) is 24.3 Å². The third-order valence-corrected chi connectivity index (χ3v) is 5.19. The summed E-state index contributed by atoms with van der Waals surface area (Å²) in [5, 5.41) is 0. The van der Waals surface area contributed by atoms with Crippen LogP contribution in [0.3, 0.4) is 0 Å². The van der Waals surface area contributed by atoms with Crippen molar-refractivity contribution in [2.24, 2.45) is 0 Å². The first-order valence-corrected chi connectivity index (χ1v) is 7.78. The molecule has 110 valence electrons. The molecule has 22 heavy (non-hydrogen) atoms. The van der Waals surface area contributed by atoms with Crippen molar-refractivity contribution in [3.8, 4) is 20.9 Å². The van der Waals surface area contributed by atoms with Gasteiger partial charge in [0.05, 0.1) is 13.2 Å². The van der Waals surface area contributed by atoms with Gasteiger partial charge in [-0.3, -0.25) is 0 Å². The number of thiophene rings is 1. The topological polar surface area (TPSA) is 9.23 Å². The van der Waals surface area contributed by atoms with E-state index in [9.17, 15) is 8.78 Å². The van der Waals surface area contributed by atoms with Crippen LogP contribution in [0.15, 0.2) is 48.5 Å². The van der Waals surface area contributed by atoms with E-state index in [1.807, 2.05) is 0 Å². The van der Waals surface area contributed by atoms with Crippen LogP contribution in [0.25, 0.3) is 20.9 Å². The van der Waals surface area contributed by atoms with Crippen molar-refractivity contribution >= 4 is 11.3 Å². The van der Waals surface area contributed by atoms with Gasteiger partial charge in [-0.05, 0) is 35.4 Å². The van der Waals surface area contributed by atoms with Crippen molar-refractivity contribution < 1.29 is 13.5 Å². The molecule has 3 aromatic rings. The predicted octanol–water partition coefficient (Wildman–Crippen LogP) is 5.39. The molecule has 4 rings (SSSR count).